The second kappa shape index (κ2) is 12.2. The van der Waals surface area contributed by atoms with E-state index in [0.29, 0.717) is 31.6 Å². The van der Waals surface area contributed by atoms with Gasteiger partial charge in [-0.15, -0.1) is 4.48 Å². The summed E-state index contributed by atoms with van der Waals surface area (Å²) in [4.78, 5) is 41.6. The van der Waals surface area contributed by atoms with Crippen LogP contribution in [0, 0.1) is 13.8 Å². The zero-order valence-corrected chi connectivity index (χ0v) is 24.3. The molecule has 1 saturated heterocycles. The molecular weight excluding hydrogens is 534 g/mol. The van der Waals surface area contributed by atoms with Crippen molar-refractivity contribution in [3.63, 3.8) is 0 Å². The number of carbonyl (C=O) groups is 3. The molecule has 0 radical (unpaired) electrons. The normalized spacial score (nSPS) is 22.0. The highest BCUT2D eigenvalue weighted by Gasteiger charge is 2.58. The van der Waals surface area contributed by atoms with Crippen LogP contribution in [0.15, 0.2) is 66.7 Å². The number of hydrogen-bond acceptors (Lipinski definition) is 5. The van der Waals surface area contributed by atoms with Crippen LogP contribution >= 0.6 is 0 Å². The van der Waals surface area contributed by atoms with Gasteiger partial charge in [0.05, 0.1) is 6.61 Å². The Hall–Kier alpha value is -4.37. The fraction of sp³-hybridized carbons (Fsp3) is 0.364. The molecule has 220 valence electrons. The second-order valence-electron chi connectivity index (χ2n) is 11.1. The van der Waals surface area contributed by atoms with Crippen molar-refractivity contribution in [2.24, 2.45) is 0 Å². The molecule has 5 rings (SSSR count). The van der Waals surface area contributed by atoms with Crippen LogP contribution in [0.3, 0.4) is 0 Å². The Morgan fingerprint density at radius 3 is 2.43 bits per heavy atom. The fourth-order valence-corrected chi connectivity index (χ4v) is 6.37. The number of nitrogens with zero attached hydrogens (tertiary/aromatic N) is 2. The largest absolute Gasteiger partial charge is 0.527 e. The van der Waals surface area contributed by atoms with E-state index in [-0.39, 0.29) is 31.6 Å². The van der Waals surface area contributed by atoms with Gasteiger partial charge in [-0.05, 0) is 67.6 Å². The first-order valence-electron chi connectivity index (χ1n) is 14.5. The molecule has 9 nitrogen and oxygen atoms in total. The van der Waals surface area contributed by atoms with Crippen molar-refractivity contribution in [2.75, 3.05) is 25.0 Å². The molecule has 3 atom stereocenters. The average molecular weight is 573 g/mol. The summed E-state index contributed by atoms with van der Waals surface area (Å²) in [5.74, 6) is 0.726. The topological polar surface area (TPSA) is 105 Å². The number of anilines is 1. The molecule has 2 N–H and O–H groups in total. The highest BCUT2D eigenvalue weighted by atomic mass is 16.6. The Morgan fingerprint density at radius 2 is 1.74 bits per heavy atom. The van der Waals surface area contributed by atoms with Crippen molar-refractivity contribution in [1.82, 2.24) is 4.90 Å². The third-order valence-corrected chi connectivity index (χ3v) is 8.45. The van der Waals surface area contributed by atoms with Gasteiger partial charge in [0.2, 0.25) is 0 Å². The van der Waals surface area contributed by atoms with Crippen LogP contribution in [-0.4, -0.2) is 58.4 Å². The number of benzene rings is 3. The summed E-state index contributed by atoms with van der Waals surface area (Å²) in [6.45, 7) is 6.50. The van der Waals surface area contributed by atoms with Crippen molar-refractivity contribution < 1.29 is 33.4 Å². The molecule has 0 saturated carbocycles. The molecule has 1 fully saturated rings. The van der Waals surface area contributed by atoms with Gasteiger partial charge in [-0.25, -0.2) is 4.79 Å². The van der Waals surface area contributed by atoms with E-state index in [2.05, 4.69) is 5.32 Å². The molecule has 0 spiro atoms. The van der Waals surface area contributed by atoms with Crippen molar-refractivity contribution in [3.05, 3.63) is 94.5 Å². The molecule has 42 heavy (non-hydrogen) atoms. The van der Waals surface area contributed by atoms with Gasteiger partial charge < -0.3 is 24.8 Å². The standard InChI is InChI=1S/C33H37N3O6/c1-4-41-33(40)36(32(38)39)17-15-27(35-16-14-25-12-8-9-13-28(25)34-31(35)37)20-29(36)26-18-22(2)30(23(3)19-26)42-21-24-10-6-5-7-11-24/h5-13,18-19,27,29H,4,14-17,20-21H2,1-3H3,(H-,34,37,38,39)/p+1/t27?,29?,36-/m1/s1. The molecule has 4 amide bonds. The molecule has 0 bridgehead atoms. The molecule has 3 aromatic rings. The number of quaternary nitrogens is 1. The number of aryl methyl sites for hydroxylation is 2. The predicted molar refractivity (Wildman–Crippen MR) is 158 cm³/mol. The maximum atomic E-state index is 13.4. The summed E-state index contributed by atoms with van der Waals surface area (Å²) in [6.07, 6.45) is -0.733. The zero-order valence-electron chi connectivity index (χ0n) is 24.3. The number of carbonyl (C=O) groups excluding carboxylic acids is 2. The minimum atomic E-state index is -1.26. The number of carboxylic acid groups (broad SMARTS) is 1. The van der Waals surface area contributed by atoms with E-state index in [4.69, 9.17) is 9.47 Å². The van der Waals surface area contributed by atoms with E-state index in [1.807, 2.05) is 80.6 Å². The summed E-state index contributed by atoms with van der Waals surface area (Å²) >= 11 is 0. The Bertz CT molecular complexity index is 1450. The quantitative estimate of drug-likeness (QED) is 0.314. The third kappa shape index (κ3) is 5.56. The molecule has 2 aliphatic heterocycles. The second-order valence-corrected chi connectivity index (χ2v) is 11.1. The van der Waals surface area contributed by atoms with E-state index in [1.165, 1.54) is 0 Å². The molecular formula is C33H38N3O6+. The van der Waals surface area contributed by atoms with Gasteiger partial charge >= 0.3 is 18.2 Å². The van der Waals surface area contributed by atoms with E-state index in [9.17, 15) is 19.5 Å². The first-order valence-corrected chi connectivity index (χ1v) is 14.5. The van der Waals surface area contributed by atoms with Gasteiger partial charge in [-0.3, -0.25) is 0 Å². The van der Waals surface area contributed by atoms with Crippen LogP contribution in [0.2, 0.25) is 0 Å². The smallest absolute Gasteiger partial charge is 0.488 e. The number of ether oxygens (including phenoxy) is 2. The number of hydrogen-bond donors (Lipinski definition) is 2. The average Bonchev–Trinajstić information content (AvgIpc) is 3.14. The monoisotopic (exact) mass is 572 g/mol. The molecule has 2 unspecified atom stereocenters. The minimum absolute atomic E-state index is 0.00455. The SMILES string of the molecule is CCOC(=O)[N@+]1(C(=O)O)CCC(N2CCc3ccccc3NC2=O)CC1c1cc(C)c(OCc2ccccc2)c(C)c1. The Balaban J connectivity index is 1.48. The van der Waals surface area contributed by atoms with E-state index in [1.54, 1.807) is 11.8 Å². The van der Waals surface area contributed by atoms with Gasteiger partial charge in [-0.1, -0.05) is 48.5 Å². The van der Waals surface area contributed by atoms with E-state index < -0.39 is 22.7 Å². The summed E-state index contributed by atoms with van der Waals surface area (Å²) in [7, 11) is 0. The summed E-state index contributed by atoms with van der Waals surface area (Å²) < 4.78 is 10.7. The lowest BCUT2D eigenvalue weighted by atomic mass is 9.87. The van der Waals surface area contributed by atoms with Crippen molar-refractivity contribution in [2.45, 2.75) is 58.7 Å². The van der Waals surface area contributed by atoms with Crippen LogP contribution in [-0.2, 0) is 17.8 Å². The number of fused-ring (bicyclic) bond motifs is 1. The number of nitrogens with one attached hydrogen (secondary N) is 1. The lowest BCUT2D eigenvalue weighted by Gasteiger charge is -2.44. The summed E-state index contributed by atoms with van der Waals surface area (Å²) in [5.41, 5.74) is 5.28. The van der Waals surface area contributed by atoms with E-state index in [0.717, 1.165) is 33.7 Å². The first kappa shape index (κ1) is 29.1. The van der Waals surface area contributed by atoms with Crippen molar-refractivity contribution in [3.8, 4) is 5.75 Å². The van der Waals surface area contributed by atoms with Gasteiger partial charge in [-0.2, -0.15) is 9.59 Å². The maximum absolute atomic E-state index is 13.4. The molecule has 0 aromatic heterocycles. The number of rotatable bonds is 6. The lowest BCUT2D eigenvalue weighted by Crippen LogP contribution is -2.64. The van der Waals surface area contributed by atoms with Crippen LogP contribution in [0.1, 0.15) is 53.6 Å². The fourth-order valence-electron chi connectivity index (χ4n) is 6.37. The van der Waals surface area contributed by atoms with Crippen LogP contribution < -0.4 is 10.1 Å². The summed E-state index contributed by atoms with van der Waals surface area (Å²) in [6, 6.07) is 20.2. The zero-order chi connectivity index (χ0) is 29.9. The van der Waals surface area contributed by atoms with Crippen LogP contribution in [0.5, 0.6) is 5.75 Å². The van der Waals surface area contributed by atoms with Crippen molar-refractivity contribution >= 4 is 23.9 Å². The molecule has 2 heterocycles. The van der Waals surface area contributed by atoms with Gasteiger partial charge in [0.15, 0.2) is 0 Å². The minimum Gasteiger partial charge on any atom is -0.488 e. The number of piperidine rings is 1. The van der Waals surface area contributed by atoms with Gasteiger partial charge in [0.1, 0.15) is 24.9 Å². The van der Waals surface area contributed by atoms with Gasteiger partial charge in [0, 0.05) is 36.7 Å². The molecule has 3 aromatic carbocycles. The number of urea groups is 1. The first-order chi connectivity index (χ1) is 20.2. The number of amides is 4. The van der Waals surface area contributed by atoms with Crippen LogP contribution in [0.4, 0.5) is 20.1 Å². The number of para-hydroxylation sites is 1. The predicted octanol–water partition coefficient (Wildman–Crippen LogP) is 6.83. The highest BCUT2D eigenvalue weighted by molar-refractivity contribution is 5.91. The Labute approximate surface area is 246 Å². The third-order valence-electron chi connectivity index (χ3n) is 8.45. The number of likely N-dealkylation sites (tertiary alicyclic amines) is 1. The lowest BCUT2D eigenvalue weighted by molar-refractivity contribution is -0.825. The molecule has 2 aliphatic rings. The Morgan fingerprint density at radius 1 is 1.05 bits per heavy atom. The van der Waals surface area contributed by atoms with Crippen LogP contribution in [0.25, 0.3) is 0 Å². The molecule has 0 aliphatic carbocycles. The number of imide groups is 1. The van der Waals surface area contributed by atoms with Gasteiger partial charge in [0.25, 0.3) is 0 Å². The van der Waals surface area contributed by atoms with E-state index >= 15 is 0 Å². The summed E-state index contributed by atoms with van der Waals surface area (Å²) in [5, 5.41) is 13.6. The highest BCUT2D eigenvalue weighted by Crippen LogP contribution is 2.43. The molecule has 9 heteroatoms. The Kier molecular flexibility index (Phi) is 8.49. The van der Waals surface area contributed by atoms with Crippen molar-refractivity contribution in [1.29, 1.82) is 0 Å². The maximum Gasteiger partial charge on any atom is 0.527 e.